The van der Waals surface area contributed by atoms with Crippen LogP contribution >= 0.6 is 0 Å². The van der Waals surface area contributed by atoms with Gasteiger partial charge in [0.1, 0.15) is 0 Å². The van der Waals surface area contributed by atoms with Gasteiger partial charge in [-0.05, 0) is 44.1 Å². The van der Waals surface area contributed by atoms with Gasteiger partial charge in [0.2, 0.25) is 0 Å². The summed E-state index contributed by atoms with van der Waals surface area (Å²) in [7, 11) is 1.85. The largest absolute Gasteiger partial charge is 0.381 e. The molecule has 2 fully saturated rings. The number of ether oxygens (including phenoxy) is 1. The van der Waals surface area contributed by atoms with Crippen molar-refractivity contribution in [3.8, 4) is 0 Å². The number of nitrogens with two attached hydrogens (primary N) is 1. The fraction of sp³-hybridized carbons (Fsp3) is 1.00. The maximum Gasteiger partial charge on any atom is 0.0595 e. The van der Waals surface area contributed by atoms with Crippen LogP contribution in [0.5, 0.6) is 0 Å². The van der Waals surface area contributed by atoms with Crippen molar-refractivity contribution in [1.82, 2.24) is 4.90 Å². The maximum atomic E-state index is 6.02. The van der Waals surface area contributed by atoms with E-state index in [-0.39, 0.29) is 0 Å². The van der Waals surface area contributed by atoms with E-state index in [0.717, 1.165) is 24.4 Å². The number of hydrogen-bond acceptors (Lipinski definition) is 3. The molecule has 3 atom stereocenters. The summed E-state index contributed by atoms with van der Waals surface area (Å²) in [4.78, 5) is 2.72. The van der Waals surface area contributed by atoms with Gasteiger partial charge in [-0.15, -0.1) is 0 Å². The molecule has 0 aromatic rings. The van der Waals surface area contributed by atoms with Gasteiger partial charge < -0.3 is 10.5 Å². The van der Waals surface area contributed by atoms with Crippen molar-refractivity contribution in [2.24, 2.45) is 17.6 Å². The average molecular weight is 268 g/mol. The molecule has 3 unspecified atom stereocenters. The van der Waals surface area contributed by atoms with Crippen molar-refractivity contribution in [3.05, 3.63) is 0 Å². The second-order valence-corrected chi connectivity index (χ2v) is 6.50. The summed E-state index contributed by atoms with van der Waals surface area (Å²) in [5, 5.41) is 0. The van der Waals surface area contributed by atoms with E-state index in [1.54, 1.807) is 0 Å². The summed E-state index contributed by atoms with van der Waals surface area (Å²) in [6.07, 6.45) is 9.75. The zero-order valence-electron chi connectivity index (χ0n) is 12.8. The van der Waals surface area contributed by atoms with Gasteiger partial charge >= 0.3 is 0 Å². The van der Waals surface area contributed by atoms with Gasteiger partial charge in [-0.3, -0.25) is 4.90 Å². The quantitative estimate of drug-likeness (QED) is 0.833. The van der Waals surface area contributed by atoms with E-state index in [1.807, 2.05) is 7.11 Å². The summed E-state index contributed by atoms with van der Waals surface area (Å²) in [5.74, 6) is 1.67. The lowest BCUT2D eigenvalue weighted by Crippen LogP contribution is -2.50. The van der Waals surface area contributed by atoms with E-state index < -0.39 is 0 Å². The molecular weight excluding hydrogens is 236 g/mol. The highest BCUT2D eigenvalue weighted by Gasteiger charge is 2.34. The van der Waals surface area contributed by atoms with Crippen LogP contribution in [0, 0.1) is 11.8 Å². The minimum atomic E-state index is 0.489. The number of methoxy groups -OCH3 is 1. The van der Waals surface area contributed by atoms with Crippen LogP contribution in [0.3, 0.4) is 0 Å². The minimum absolute atomic E-state index is 0.489. The van der Waals surface area contributed by atoms with E-state index in [2.05, 4.69) is 11.8 Å². The fourth-order valence-corrected chi connectivity index (χ4v) is 4.13. The third-order valence-corrected chi connectivity index (χ3v) is 5.34. The number of nitrogens with zero attached hydrogens (tertiary/aromatic N) is 1. The summed E-state index contributed by atoms with van der Waals surface area (Å²) in [6.45, 7) is 5.60. The SMILES string of the molecule is CCCC1CCC(CN)C(N2CCC(OC)CC2)C1. The van der Waals surface area contributed by atoms with Gasteiger partial charge in [0, 0.05) is 26.2 Å². The molecule has 2 N–H and O–H groups in total. The summed E-state index contributed by atoms with van der Waals surface area (Å²) >= 11 is 0. The molecule has 1 saturated carbocycles. The molecule has 19 heavy (non-hydrogen) atoms. The molecule has 3 heteroatoms. The molecule has 3 nitrogen and oxygen atoms in total. The molecule has 0 bridgehead atoms. The van der Waals surface area contributed by atoms with Gasteiger partial charge in [0.05, 0.1) is 6.10 Å². The van der Waals surface area contributed by atoms with Crippen LogP contribution in [0.2, 0.25) is 0 Å². The number of rotatable bonds is 5. The van der Waals surface area contributed by atoms with E-state index in [0.29, 0.717) is 6.10 Å². The highest BCUT2D eigenvalue weighted by molar-refractivity contribution is 4.89. The Morgan fingerprint density at radius 2 is 1.89 bits per heavy atom. The van der Waals surface area contributed by atoms with Crippen LogP contribution in [0.15, 0.2) is 0 Å². The van der Waals surface area contributed by atoms with Gasteiger partial charge in [-0.25, -0.2) is 0 Å². The molecule has 0 radical (unpaired) electrons. The van der Waals surface area contributed by atoms with Crippen LogP contribution < -0.4 is 5.73 Å². The molecule has 2 aliphatic rings. The lowest BCUT2D eigenvalue weighted by Gasteiger charge is -2.45. The van der Waals surface area contributed by atoms with E-state index >= 15 is 0 Å². The molecule has 1 saturated heterocycles. The topological polar surface area (TPSA) is 38.5 Å². The first-order valence-corrected chi connectivity index (χ1v) is 8.25. The lowest BCUT2D eigenvalue weighted by atomic mass is 9.75. The summed E-state index contributed by atoms with van der Waals surface area (Å²) in [6, 6.07) is 0.744. The molecule has 1 heterocycles. The van der Waals surface area contributed by atoms with Crippen molar-refractivity contribution in [3.63, 3.8) is 0 Å². The van der Waals surface area contributed by atoms with Gasteiger partial charge in [0.15, 0.2) is 0 Å². The Hall–Kier alpha value is -0.120. The first kappa shape index (κ1) is 15.3. The first-order valence-electron chi connectivity index (χ1n) is 8.25. The lowest BCUT2D eigenvalue weighted by molar-refractivity contribution is 0.00129. The molecule has 0 aromatic heterocycles. The van der Waals surface area contributed by atoms with Gasteiger partial charge in [-0.2, -0.15) is 0 Å². The molecular formula is C16H32N2O. The zero-order chi connectivity index (χ0) is 13.7. The number of piperidine rings is 1. The first-order chi connectivity index (χ1) is 9.28. The van der Waals surface area contributed by atoms with Gasteiger partial charge in [-0.1, -0.05) is 26.2 Å². The van der Waals surface area contributed by atoms with Crippen LogP contribution in [0.25, 0.3) is 0 Å². The van der Waals surface area contributed by atoms with Crippen LogP contribution in [0.1, 0.15) is 51.9 Å². The second kappa shape index (κ2) is 7.61. The Balaban J connectivity index is 1.90. The standard InChI is InChI=1S/C16H32N2O/c1-3-4-13-5-6-14(12-17)16(11-13)18-9-7-15(19-2)8-10-18/h13-16H,3-12,17H2,1-2H3. The van der Waals surface area contributed by atoms with Crippen LogP contribution in [0.4, 0.5) is 0 Å². The van der Waals surface area contributed by atoms with Crippen molar-refractivity contribution in [1.29, 1.82) is 0 Å². The average Bonchev–Trinajstić information content (AvgIpc) is 2.47. The molecule has 0 amide bonds. The van der Waals surface area contributed by atoms with Crippen molar-refractivity contribution >= 4 is 0 Å². The van der Waals surface area contributed by atoms with E-state index in [1.165, 1.54) is 58.0 Å². The van der Waals surface area contributed by atoms with Crippen LogP contribution in [-0.2, 0) is 4.74 Å². The van der Waals surface area contributed by atoms with E-state index in [4.69, 9.17) is 10.5 Å². The Labute approximate surface area is 118 Å². The third-order valence-electron chi connectivity index (χ3n) is 5.34. The minimum Gasteiger partial charge on any atom is -0.381 e. The van der Waals surface area contributed by atoms with Crippen molar-refractivity contribution in [2.75, 3.05) is 26.7 Å². The third kappa shape index (κ3) is 3.93. The van der Waals surface area contributed by atoms with Crippen molar-refractivity contribution in [2.45, 2.75) is 64.0 Å². The fourth-order valence-electron chi connectivity index (χ4n) is 4.13. The highest BCUT2D eigenvalue weighted by atomic mass is 16.5. The smallest absolute Gasteiger partial charge is 0.0595 e. The Kier molecular flexibility index (Phi) is 6.11. The molecule has 112 valence electrons. The summed E-state index contributed by atoms with van der Waals surface area (Å²) in [5.41, 5.74) is 6.02. The Morgan fingerprint density at radius 3 is 2.47 bits per heavy atom. The predicted molar refractivity (Wildman–Crippen MR) is 80.2 cm³/mol. The number of hydrogen-bond donors (Lipinski definition) is 1. The summed E-state index contributed by atoms with van der Waals surface area (Å²) < 4.78 is 5.49. The highest BCUT2D eigenvalue weighted by Crippen LogP contribution is 2.35. The van der Waals surface area contributed by atoms with Crippen molar-refractivity contribution < 1.29 is 4.74 Å². The Bertz CT molecular complexity index is 251. The normalized spacial score (nSPS) is 34.6. The monoisotopic (exact) mass is 268 g/mol. The second-order valence-electron chi connectivity index (χ2n) is 6.50. The molecule has 1 aliphatic carbocycles. The van der Waals surface area contributed by atoms with Gasteiger partial charge in [0.25, 0.3) is 0 Å². The van der Waals surface area contributed by atoms with Crippen LogP contribution in [-0.4, -0.2) is 43.8 Å². The predicted octanol–water partition coefficient (Wildman–Crippen LogP) is 2.64. The zero-order valence-corrected chi connectivity index (χ0v) is 12.8. The molecule has 2 rings (SSSR count). The molecule has 1 aliphatic heterocycles. The maximum absolute atomic E-state index is 6.02. The molecule has 0 aromatic carbocycles. The molecule has 0 spiro atoms. The number of likely N-dealkylation sites (tertiary alicyclic amines) is 1. The van der Waals surface area contributed by atoms with E-state index in [9.17, 15) is 0 Å². The Morgan fingerprint density at radius 1 is 1.16 bits per heavy atom.